The minimum absolute atomic E-state index is 0.00961. The molecule has 0 fully saturated rings. The minimum Gasteiger partial charge on any atom is -0.337 e. The molecule has 0 aliphatic carbocycles. The molecule has 0 saturated heterocycles. The SMILES string of the molecule is C=CCNS(=O)(=O)c1cccc(C(=O)N(C)Cc2ccc(F)cc2)c1. The summed E-state index contributed by atoms with van der Waals surface area (Å²) >= 11 is 0. The van der Waals surface area contributed by atoms with Crippen molar-refractivity contribution in [1.82, 2.24) is 9.62 Å². The van der Waals surface area contributed by atoms with E-state index in [0.717, 1.165) is 5.56 Å². The van der Waals surface area contributed by atoms with Gasteiger partial charge in [0.05, 0.1) is 4.90 Å². The maximum atomic E-state index is 12.9. The smallest absolute Gasteiger partial charge is 0.253 e. The minimum atomic E-state index is -3.70. The van der Waals surface area contributed by atoms with Crippen LogP contribution in [0.15, 0.2) is 66.1 Å². The lowest BCUT2D eigenvalue weighted by Crippen LogP contribution is -2.27. The topological polar surface area (TPSA) is 66.5 Å². The molecule has 132 valence electrons. The molecule has 2 rings (SSSR count). The number of carbonyl (C=O) groups excluding carboxylic acids is 1. The molecule has 0 heterocycles. The summed E-state index contributed by atoms with van der Waals surface area (Å²) in [5.41, 5.74) is 1.03. The van der Waals surface area contributed by atoms with Crippen LogP contribution in [0.3, 0.4) is 0 Å². The van der Waals surface area contributed by atoms with Gasteiger partial charge in [-0.05, 0) is 35.9 Å². The molecular formula is C18H19FN2O3S. The second-order valence-corrected chi connectivity index (χ2v) is 7.22. The average molecular weight is 362 g/mol. The summed E-state index contributed by atoms with van der Waals surface area (Å²) in [6, 6.07) is 11.7. The van der Waals surface area contributed by atoms with E-state index < -0.39 is 10.0 Å². The molecule has 0 radical (unpaired) electrons. The van der Waals surface area contributed by atoms with Crippen LogP contribution in [0.4, 0.5) is 4.39 Å². The maximum Gasteiger partial charge on any atom is 0.253 e. The molecule has 2 aromatic rings. The first-order chi connectivity index (χ1) is 11.8. The zero-order valence-electron chi connectivity index (χ0n) is 13.8. The number of hydrogen-bond acceptors (Lipinski definition) is 3. The molecule has 0 bridgehead atoms. The maximum absolute atomic E-state index is 12.9. The average Bonchev–Trinajstić information content (AvgIpc) is 2.61. The van der Waals surface area contributed by atoms with E-state index in [2.05, 4.69) is 11.3 Å². The number of halogens is 1. The molecule has 25 heavy (non-hydrogen) atoms. The Hall–Kier alpha value is -2.51. The van der Waals surface area contributed by atoms with E-state index in [-0.39, 0.29) is 35.3 Å². The predicted molar refractivity (Wildman–Crippen MR) is 94.0 cm³/mol. The largest absolute Gasteiger partial charge is 0.337 e. The molecule has 0 atom stereocenters. The highest BCUT2D eigenvalue weighted by Gasteiger charge is 2.17. The van der Waals surface area contributed by atoms with Crippen LogP contribution < -0.4 is 4.72 Å². The van der Waals surface area contributed by atoms with Crippen molar-refractivity contribution < 1.29 is 17.6 Å². The zero-order chi connectivity index (χ0) is 18.4. The summed E-state index contributed by atoms with van der Waals surface area (Å²) in [7, 11) is -2.10. The van der Waals surface area contributed by atoms with E-state index in [4.69, 9.17) is 0 Å². The van der Waals surface area contributed by atoms with Crippen molar-refractivity contribution in [3.8, 4) is 0 Å². The van der Waals surface area contributed by atoms with Crippen LogP contribution in [0.25, 0.3) is 0 Å². The van der Waals surface area contributed by atoms with Gasteiger partial charge >= 0.3 is 0 Å². The molecule has 7 heteroatoms. The van der Waals surface area contributed by atoms with E-state index in [0.29, 0.717) is 0 Å². The van der Waals surface area contributed by atoms with Crippen molar-refractivity contribution in [2.75, 3.05) is 13.6 Å². The lowest BCUT2D eigenvalue weighted by Gasteiger charge is -2.18. The summed E-state index contributed by atoms with van der Waals surface area (Å²) < 4.78 is 39.6. The summed E-state index contributed by atoms with van der Waals surface area (Å²) in [6.07, 6.45) is 1.43. The molecule has 0 aliphatic heterocycles. The van der Waals surface area contributed by atoms with E-state index in [1.807, 2.05) is 0 Å². The number of amides is 1. The summed E-state index contributed by atoms with van der Waals surface area (Å²) in [6.45, 7) is 3.85. The molecule has 0 aliphatic rings. The van der Waals surface area contributed by atoms with Crippen LogP contribution >= 0.6 is 0 Å². The summed E-state index contributed by atoms with van der Waals surface area (Å²) in [5, 5.41) is 0. The fourth-order valence-electron chi connectivity index (χ4n) is 2.20. The van der Waals surface area contributed by atoms with E-state index in [1.54, 1.807) is 25.2 Å². The molecule has 1 N–H and O–H groups in total. The third-order valence-electron chi connectivity index (χ3n) is 3.49. The second kappa shape index (κ2) is 8.04. The first kappa shape index (κ1) is 18.8. The first-order valence-corrected chi connectivity index (χ1v) is 9.02. The molecule has 0 unspecified atom stereocenters. The third kappa shape index (κ3) is 4.98. The van der Waals surface area contributed by atoms with Gasteiger partial charge in [0.25, 0.3) is 5.91 Å². The third-order valence-corrected chi connectivity index (χ3v) is 4.91. The quantitative estimate of drug-likeness (QED) is 0.770. The fourth-order valence-corrected chi connectivity index (χ4v) is 3.25. The Morgan fingerprint density at radius 2 is 1.92 bits per heavy atom. The van der Waals surface area contributed by atoms with Crippen LogP contribution in [-0.4, -0.2) is 32.8 Å². The van der Waals surface area contributed by atoms with Crippen molar-refractivity contribution in [3.05, 3.63) is 78.1 Å². The van der Waals surface area contributed by atoms with Gasteiger partial charge in [-0.3, -0.25) is 4.79 Å². The van der Waals surface area contributed by atoms with Gasteiger partial charge in [0.1, 0.15) is 5.82 Å². The van der Waals surface area contributed by atoms with Gasteiger partial charge in [-0.15, -0.1) is 6.58 Å². The highest BCUT2D eigenvalue weighted by molar-refractivity contribution is 7.89. The molecule has 2 aromatic carbocycles. The van der Waals surface area contributed by atoms with Crippen LogP contribution in [0, 0.1) is 5.82 Å². The van der Waals surface area contributed by atoms with Gasteiger partial charge in [-0.1, -0.05) is 24.3 Å². The Labute approximate surface area is 146 Å². The van der Waals surface area contributed by atoms with Gasteiger partial charge in [-0.2, -0.15) is 0 Å². The van der Waals surface area contributed by atoms with Crippen molar-refractivity contribution in [1.29, 1.82) is 0 Å². The van der Waals surface area contributed by atoms with Crippen LogP contribution in [-0.2, 0) is 16.6 Å². The number of benzene rings is 2. The summed E-state index contributed by atoms with van der Waals surface area (Å²) in [4.78, 5) is 14.0. The van der Waals surface area contributed by atoms with Gasteiger partial charge in [0, 0.05) is 25.7 Å². The summed E-state index contributed by atoms with van der Waals surface area (Å²) in [5.74, 6) is -0.673. The Morgan fingerprint density at radius 3 is 2.56 bits per heavy atom. The highest BCUT2D eigenvalue weighted by atomic mass is 32.2. The van der Waals surface area contributed by atoms with E-state index >= 15 is 0 Å². The van der Waals surface area contributed by atoms with E-state index in [9.17, 15) is 17.6 Å². The molecule has 0 spiro atoms. The van der Waals surface area contributed by atoms with Crippen LogP contribution in [0.2, 0.25) is 0 Å². The standard InChI is InChI=1S/C18H19FN2O3S/c1-3-11-20-25(23,24)17-6-4-5-15(12-17)18(22)21(2)13-14-7-9-16(19)10-8-14/h3-10,12,20H,1,11,13H2,2H3. The zero-order valence-corrected chi connectivity index (χ0v) is 14.6. The lowest BCUT2D eigenvalue weighted by molar-refractivity contribution is 0.0785. The molecule has 0 aromatic heterocycles. The molecule has 0 saturated carbocycles. The fraction of sp³-hybridized carbons (Fsp3) is 0.167. The lowest BCUT2D eigenvalue weighted by atomic mass is 10.1. The monoisotopic (exact) mass is 362 g/mol. The Balaban J connectivity index is 2.17. The predicted octanol–water partition coefficient (Wildman–Crippen LogP) is 2.56. The van der Waals surface area contributed by atoms with Crippen molar-refractivity contribution in [2.24, 2.45) is 0 Å². The Kier molecular flexibility index (Phi) is 6.06. The Bertz CT molecular complexity index is 864. The number of sulfonamides is 1. The van der Waals surface area contributed by atoms with Crippen LogP contribution in [0.1, 0.15) is 15.9 Å². The highest BCUT2D eigenvalue weighted by Crippen LogP contribution is 2.14. The molecular weight excluding hydrogens is 343 g/mol. The first-order valence-electron chi connectivity index (χ1n) is 7.54. The number of hydrogen-bond donors (Lipinski definition) is 1. The molecule has 5 nitrogen and oxygen atoms in total. The molecule has 1 amide bonds. The van der Waals surface area contributed by atoms with Gasteiger partial charge in [0.15, 0.2) is 0 Å². The van der Waals surface area contributed by atoms with Crippen molar-refractivity contribution in [3.63, 3.8) is 0 Å². The normalized spacial score (nSPS) is 11.1. The van der Waals surface area contributed by atoms with Crippen molar-refractivity contribution in [2.45, 2.75) is 11.4 Å². The number of nitrogens with zero attached hydrogens (tertiary/aromatic N) is 1. The van der Waals surface area contributed by atoms with E-state index in [1.165, 1.54) is 41.3 Å². The Morgan fingerprint density at radius 1 is 1.24 bits per heavy atom. The van der Waals surface area contributed by atoms with Gasteiger partial charge in [0.2, 0.25) is 10.0 Å². The van der Waals surface area contributed by atoms with Crippen molar-refractivity contribution >= 4 is 15.9 Å². The number of carbonyl (C=O) groups is 1. The second-order valence-electron chi connectivity index (χ2n) is 5.46. The number of rotatable bonds is 7. The van der Waals surface area contributed by atoms with Crippen LogP contribution in [0.5, 0.6) is 0 Å². The van der Waals surface area contributed by atoms with Gasteiger partial charge in [-0.25, -0.2) is 17.5 Å². The number of nitrogens with one attached hydrogen (secondary N) is 1. The van der Waals surface area contributed by atoms with Gasteiger partial charge < -0.3 is 4.90 Å².